The minimum absolute atomic E-state index is 0.311. The monoisotopic (exact) mass is 107 g/mol. The molecule has 1 aliphatic carbocycles. The van der Waals surface area contributed by atoms with Gasteiger partial charge < -0.3 is 0 Å². The standard InChI is InChI=1S/C7H9N/c1-7(2)3-6(4-7)5-8/h3H,4H2,1-2H3. The van der Waals surface area contributed by atoms with Gasteiger partial charge in [-0.3, -0.25) is 0 Å². The van der Waals surface area contributed by atoms with Gasteiger partial charge in [-0.2, -0.15) is 5.26 Å². The number of nitrogens with zero attached hydrogens (tertiary/aromatic N) is 1. The van der Waals surface area contributed by atoms with E-state index in [4.69, 9.17) is 5.26 Å². The molecule has 8 heavy (non-hydrogen) atoms. The van der Waals surface area contributed by atoms with Crippen molar-refractivity contribution in [2.24, 2.45) is 5.41 Å². The Hall–Kier alpha value is -0.770. The summed E-state index contributed by atoms with van der Waals surface area (Å²) in [6, 6.07) is 2.12. The highest BCUT2D eigenvalue weighted by molar-refractivity contribution is 5.33. The number of allylic oxidation sites excluding steroid dienone is 2. The summed E-state index contributed by atoms with van der Waals surface area (Å²) >= 11 is 0. The molecule has 1 rings (SSSR count). The molecule has 1 aliphatic rings. The van der Waals surface area contributed by atoms with E-state index in [1.165, 1.54) is 0 Å². The average molecular weight is 107 g/mol. The van der Waals surface area contributed by atoms with E-state index in [2.05, 4.69) is 19.9 Å². The predicted molar refractivity (Wildman–Crippen MR) is 32.1 cm³/mol. The first-order valence-corrected chi connectivity index (χ1v) is 2.76. The zero-order valence-corrected chi connectivity index (χ0v) is 5.23. The van der Waals surface area contributed by atoms with Crippen LogP contribution in [0.15, 0.2) is 11.6 Å². The van der Waals surface area contributed by atoms with E-state index < -0.39 is 0 Å². The van der Waals surface area contributed by atoms with Crippen molar-refractivity contribution in [2.45, 2.75) is 20.3 Å². The van der Waals surface area contributed by atoms with Crippen LogP contribution in [0.25, 0.3) is 0 Å². The van der Waals surface area contributed by atoms with Gasteiger partial charge in [0.25, 0.3) is 0 Å². The molecule has 0 saturated carbocycles. The number of hydrogen-bond acceptors (Lipinski definition) is 1. The fraction of sp³-hybridized carbons (Fsp3) is 0.571. The molecule has 1 heteroatoms. The van der Waals surface area contributed by atoms with Crippen LogP contribution in [0, 0.1) is 16.7 Å². The van der Waals surface area contributed by atoms with Crippen LogP contribution >= 0.6 is 0 Å². The molecule has 0 bridgehead atoms. The van der Waals surface area contributed by atoms with Crippen LogP contribution in [-0.4, -0.2) is 0 Å². The lowest BCUT2D eigenvalue weighted by atomic mass is 9.75. The molecular weight excluding hydrogens is 98.1 g/mol. The summed E-state index contributed by atoms with van der Waals surface area (Å²) in [5, 5.41) is 8.30. The topological polar surface area (TPSA) is 23.8 Å². The van der Waals surface area contributed by atoms with Gasteiger partial charge >= 0.3 is 0 Å². The molecule has 0 saturated heterocycles. The second-order valence-corrected chi connectivity index (χ2v) is 2.95. The fourth-order valence-electron chi connectivity index (χ4n) is 1.01. The summed E-state index contributed by atoms with van der Waals surface area (Å²) in [6.45, 7) is 4.27. The van der Waals surface area contributed by atoms with E-state index in [1.54, 1.807) is 0 Å². The van der Waals surface area contributed by atoms with Crippen LogP contribution in [0.2, 0.25) is 0 Å². The van der Waals surface area contributed by atoms with Crippen LogP contribution in [0.3, 0.4) is 0 Å². The van der Waals surface area contributed by atoms with Gasteiger partial charge in [0.05, 0.1) is 6.07 Å². The van der Waals surface area contributed by atoms with Gasteiger partial charge in [0.1, 0.15) is 0 Å². The lowest BCUT2D eigenvalue weighted by Gasteiger charge is -2.28. The molecule has 0 heterocycles. The molecule has 0 aromatic heterocycles. The quantitative estimate of drug-likeness (QED) is 0.463. The minimum atomic E-state index is 0.311. The first-order valence-electron chi connectivity index (χ1n) is 2.76. The van der Waals surface area contributed by atoms with E-state index in [1.807, 2.05) is 6.08 Å². The Balaban J connectivity index is 2.66. The first kappa shape index (κ1) is 5.37. The molecule has 0 spiro atoms. The first-order chi connectivity index (χ1) is 3.64. The van der Waals surface area contributed by atoms with Crippen molar-refractivity contribution in [1.29, 1.82) is 5.26 Å². The Labute approximate surface area is 49.6 Å². The third-order valence-electron chi connectivity index (χ3n) is 1.35. The van der Waals surface area contributed by atoms with Crippen molar-refractivity contribution in [3.05, 3.63) is 11.6 Å². The molecule has 0 radical (unpaired) electrons. The maximum absolute atomic E-state index is 8.30. The second-order valence-electron chi connectivity index (χ2n) is 2.95. The van der Waals surface area contributed by atoms with Crippen molar-refractivity contribution in [3.8, 4) is 6.07 Å². The molecule has 0 fully saturated rings. The average Bonchev–Trinajstić information content (AvgIpc) is 1.60. The Morgan fingerprint density at radius 2 is 2.25 bits per heavy atom. The van der Waals surface area contributed by atoms with E-state index >= 15 is 0 Å². The minimum Gasteiger partial charge on any atom is -0.193 e. The molecule has 0 atom stereocenters. The maximum atomic E-state index is 8.30. The van der Waals surface area contributed by atoms with Crippen molar-refractivity contribution in [2.75, 3.05) is 0 Å². The normalized spacial score (nSPS) is 22.9. The second kappa shape index (κ2) is 1.35. The summed E-state index contributed by atoms with van der Waals surface area (Å²) in [5.41, 5.74) is 1.25. The highest BCUT2D eigenvalue weighted by Crippen LogP contribution is 2.36. The zero-order valence-electron chi connectivity index (χ0n) is 5.23. The van der Waals surface area contributed by atoms with Gasteiger partial charge in [-0.1, -0.05) is 19.9 Å². The predicted octanol–water partition coefficient (Wildman–Crippen LogP) is 1.87. The highest BCUT2D eigenvalue weighted by Gasteiger charge is 2.25. The Bertz CT molecular complexity index is 169. The molecular formula is C7H9N. The van der Waals surface area contributed by atoms with Crippen LogP contribution in [-0.2, 0) is 0 Å². The molecule has 0 amide bonds. The van der Waals surface area contributed by atoms with E-state index in [0.29, 0.717) is 5.41 Å². The highest BCUT2D eigenvalue weighted by atomic mass is 14.3. The molecule has 0 unspecified atom stereocenters. The Kier molecular flexibility index (Phi) is 0.907. The van der Waals surface area contributed by atoms with E-state index in [9.17, 15) is 0 Å². The van der Waals surface area contributed by atoms with Gasteiger partial charge in [-0.05, 0) is 11.8 Å². The third kappa shape index (κ3) is 0.742. The van der Waals surface area contributed by atoms with Gasteiger partial charge in [0.2, 0.25) is 0 Å². The summed E-state index contributed by atoms with van der Waals surface area (Å²) in [7, 11) is 0. The molecule has 0 aliphatic heterocycles. The van der Waals surface area contributed by atoms with Crippen molar-refractivity contribution < 1.29 is 0 Å². The van der Waals surface area contributed by atoms with Crippen LogP contribution < -0.4 is 0 Å². The summed E-state index contributed by atoms with van der Waals surface area (Å²) in [6.07, 6.45) is 2.98. The number of nitriles is 1. The molecule has 42 valence electrons. The lowest BCUT2D eigenvalue weighted by Crippen LogP contribution is -2.17. The van der Waals surface area contributed by atoms with Crippen LogP contribution in [0.4, 0.5) is 0 Å². The largest absolute Gasteiger partial charge is 0.193 e. The Morgan fingerprint density at radius 3 is 2.38 bits per heavy atom. The maximum Gasteiger partial charge on any atom is 0.0944 e. The number of rotatable bonds is 0. The SMILES string of the molecule is CC1(C)C=C(C#N)C1. The van der Waals surface area contributed by atoms with Crippen LogP contribution in [0.1, 0.15) is 20.3 Å². The number of hydrogen-bond donors (Lipinski definition) is 0. The molecule has 0 N–H and O–H groups in total. The summed E-state index contributed by atoms with van der Waals surface area (Å²) < 4.78 is 0. The smallest absolute Gasteiger partial charge is 0.0944 e. The van der Waals surface area contributed by atoms with Crippen molar-refractivity contribution >= 4 is 0 Å². The third-order valence-corrected chi connectivity index (χ3v) is 1.35. The van der Waals surface area contributed by atoms with Crippen LogP contribution in [0.5, 0.6) is 0 Å². The Morgan fingerprint density at radius 1 is 1.75 bits per heavy atom. The van der Waals surface area contributed by atoms with Gasteiger partial charge in [-0.25, -0.2) is 0 Å². The summed E-state index contributed by atoms with van der Waals surface area (Å²) in [5.74, 6) is 0. The van der Waals surface area contributed by atoms with Crippen molar-refractivity contribution in [3.63, 3.8) is 0 Å². The van der Waals surface area contributed by atoms with E-state index in [-0.39, 0.29) is 0 Å². The van der Waals surface area contributed by atoms with Gasteiger partial charge in [0, 0.05) is 5.57 Å². The van der Waals surface area contributed by atoms with Gasteiger partial charge in [-0.15, -0.1) is 0 Å². The molecule has 0 aromatic carbocycles. The van der Waals surface area contributed by atoms with Crippen molar-refractivity contribution in [1.82, 2.24) is 0 Å². The zero-order chi connectivity index (χ0) is 6.20. The van der Waals surface area contributed by atoms with E-state index in [0.717, 1.165) is 12.0 Å². The molecule has 1 nitrogen and oxygen atoms in total. The lowest BCUT2D eigenvalue weighted by molar-refractivity contribution is 0.428. The summed E-state index contributed by atoms with van der Waals surface area (Å²) in [4.78, 5) is 0. The molecule has 0 aromatic rings. The van der Waals surface area contributed by atoms with Gasteiger partial charge in [0.15, 0.2) is 0 Å². The fourth-order valence-corrected chi connectivity index (χ4v) is 1.01.